The molecule has 16 heavy (non-hydrogen) atoms. The van der Waals surface area contributed by atoms with Crippen molar-refractivity contribution in [3.05, 3.63) is 0 Å². The zero-order valence-corrected chi connectivity index (χ0v) is 10.7. The number of carbonyl (C=O) groups excluding carboxylic acids is 1. The molecule has 0 aromatic rings. The van der Waals surface area contributed by atoms with Crippen LogP contribution in [-0.2, 0) is 4.79 Å². The molecule has 0 aromatic heterocycles. The monoisotopic (exact) mass is 227 g/mol. The number of piperidine rings is 1. The van der Waals surface area contributed by atoms with Crippen LogP contribution in [0.3, 0.4) is 0 Å². The molecule has 0 bridgehead atoms. The summed E-state index contributed by atoms with van der Waals surface area (Å²) in [6, 6.07) is -0.0735. The first-order valence-electron chi connectivity index (χ1n) is 6.27. The third-order valence-electron chi connectivity index (χ3n) is 2.97. The van der Waals surface area contributed by atoms with Crippen molar-refractivity contribution >= 4 is 5.91 Å². The molecule has 0 aliphatic carbocycles. The van der Waals surface area contributed by atoms with E-state index in [0.29, 0.717) is 6.04 Å². The molecular weight excluding hydrogens is 202 g/mol. The molecule has 1 aliphatic heterocycles. The minimum absolute atomic E-state index is 0.0256. The lowest BCUT2D eigenvalue weighted by Gasteiger charge is -2.33. The topological polar surface area (TPSA) is 58.4 Å². The van der Waals surface area contributed by atoms with Gasteiger partial charge in [0.05, 0.1) is 6.04 Å². The minimum Gasteiger partial charge on any atom is -0.352 e. The number of carbonyl (C=O) groups is 1. The van der Waals surface area contributed by atoms with Crippen molar-refractivity contribution in [3.63, 3.8) is 0 Å². The first-order chi connectivity index (χ1) is 7.49. The van der Waals surface area contributed by atoms with Crippen molar-refractivity contribution in [1.29, 1.82) is 0 Å². The Bertz CT molecular complexity index is 220. The largest absolute Gasteiger partial charge is 0.352 e. The second-order valence-corrected chi connectivity index (χ2v) is 5.27. The van der Waals surface area contributed by atoms with Gasteiger partial charge in [-0.2, -0.15) is 0 Å². The number of likely N-dealkylation sites (tertiary alicyclic amines) is 1. The second kappa shape index (κ2) is 6.21. The molecule has 1 rings (SSSR count). The lowest BCUT2D eigenvalue weighted by molar-refractivity contribution is -0.123. The molecular formula is C12H25N3O. The SMILES string of the molecule is CC(C)CN1CCC(NC(=O)[C@@H](C)N)CC1. The van der Waals surface area contributed by atoms with E-state index in [9.17, 15) is 4.79 Å². The van der Waals surface area contributed by atoms with Crippen LogP contribution in [0.25, 0.3) is 0 Å². The van der Waals surface area contributed by atoms with Gasteiger partial charge in [0.25, 0.3) is 0 Å². The van der Waals surface area contributed by atoms with Gasteiger partial charge in [-0.15, -0.1) is 0 Å². The molecule has 0 radical (unpaired) electrons. The summed E-state index contributed by atoms with van der Waals surface area (Å²) in [6.07, 6.45) is 2.09. The Labute approximate surface area is 98.6 Å². The highest BCUT2D eigenvalue weighted by Gasteiger charge is 2.21. The Morgan fingerprint density at radius 2 is 1.94 bits per heavy atom. The van der Waals surface area contributed by atoms with Crippen molar-refractivity contribution in [3.8, 4) is 0 Å². The highest BCUT2D eigenvalue weighted by Crippen LogP contribution is 2.12. The fraction of sp³-hybridized carbons (Fsp3) is 0.917. The molecule has 0 unspecified atom stereocenters. The Morgan fingerprint density at radius 3 is 2.38 bits per heavy atom. The van der Waals surface area contributed by atoms with Gasteiger partial charge in [0.1, 0.15) is 0 Å². The highest BCUT2D eigenvalue weighted by molar-refractivity contribution is 5.81. The van der Waals surface area contributed by atoms with E-state index >= 15 is 0 Å². The van der Waals surface area contributed by atoms with Crippen molar-refractivity contribution in [1.82, 2.24) is 10.2 Å². The van der Waals surface area contributed by atoms with Gasteiger partial charge in [0.2, 0.25) is 5.91 Å². The maximum absolute atomic E-state index is 11.4. The highest BCUT2D eigenvalue weighted by atomic mass is 16.2. The number of rotatable bonds is 4. The smallest absolute Gasteiger partial charge is 0.236 e. The molecule has 1 aliphatic rings. The van der Waals surface area contributed by atoms with Gasteiger partial charge in [0.15, 0.2) is 0 Å². The summed E-state index contributed by atoms with van der Waals surface area (Å²) in [5.74, 6) is 0.692. The van der Waals surface area contributed by atoms with Gasteiger partial charge in [0, 0.05) is 25.7 Å². The number of nitrogens with zero attached hydrogens (tertiary/aromatic N) is 1. The van der Waals surface area contributed by atoms with Gasteiger partial charge in [-0.1, -0.05) is 13.8 Å². The summed E-state index contributed by atoms with van der Waals surface area (Å²) in [5, 5.41) is 3.00. The standard InChI is InChI=1S/C12H25N3O/c1-9(2)8-15-6-4-11(5-7-15)14-12(16)10(3)13/h9-11H,4-8,13H2,1-3H3,(H,14,16)/t10-/m1/s1. The predicted molar refractivity (Wildman–Crippen MR) is 66.1 cm³/mol. The maximum Gasteiger partial charge on any atom is 0.236 e. The molecule has 94 valence electrons. The van der Waals surface area contributed by atoms with Crippen molar-refractivity contribution in [2.75, 3.05) is 19.6 Å². The first-order valence-corrected chi connectivity index (χ1v) is 6.27. The number of amides is 1. The zero-order valence-electron chi connectivity index (χ0n) is 10.7. The number of nitrogens with two attached hydrogens (primary N) is 1. The molecule has 0 spiro atoms. The van der Waals surface area contributed by atoms with E-state index in [1.807, 2.05) is 0 Å². The molecule has 4 nitrogen and oxygen atoms in total. The Hall–Kier alpha value is -0.610. The quantitative estimate of drug-likeness (QED) is 0.738. The second-order valence-electron chi connectivity index (χ2n) is 5.27. The van der Waals surface area contributed by atoms with E-state index in [-0.39, 0.29) is 5.91 Å². The van der Waals surface area contributed by atoms with E-state index < -0.39 is 6.04 Å². The Kier molecular flexibility index (Phi) is 5.22. The van der Waals surface area contributed by atoms with Crippen molar-refractivity contribution in [2.24, 2.45) is 11.7 Å². The molecule has 1 atom stereocenters. The van der Waals surface area contributed by atoms with Crippen LogP contribution in [0.2, 0.25) is 0 Å². The average Bonchev–Trinajstić information content (AvgIpc) is 2.20. The van der Waals surface area contributed by atoms with Crippen molar-refractivity contribution in [2.45, 2.75) is 45.7 Å². The van der Waals surface area contributed by atoms with E-state index in [0.717, 1.165) is 38.4 Å². The number of hydrogen-bond donors (Lipinski definition) is 2. The van der Waals surface area contributed by atoms with Crippen LogP contribution in [-0.4, -0.2) is 42.5 Å². The van der Waals surface area contributed by atoms with E-state index in [1.54, 1.807) is 6.92 Å². The Balaban J connectivity index is 2.24. The molecule has 3 N–H and O–H groups in total. The summed E-state index contributed by atoms with van der Waals surface area (Å²) in [7, 11) is 0. The van der Waals surface area contributed by atoms with Crippen LogP contribution in [0.15, 0.2) is 0 Å². The summed E-state index contributed by atoms with van der Waals surface area (Å²) in [4.78, 5) is 13.9. The Morgan fingerprint density at radius 1 is 1.38 bits per heavy atom. The fourth-order valence-electron chi connectivity index (χ4n) is 2.11. The van der Waals surface area contributed by atoms with Crippen molar-refractivity contribution < 1.29 is 4.79 Å². The van der Waals surface area contributed by atoms with Gasteiger partial charge in [-0.3, -0.25) is 4.79 Å². The minimum atomic E-state index is -0.395. The summed E-state index contributed by atoms with van der Waals surface area (Å²) >= 11 is 0. The molecule has 0 aromatic carbocycles. The first kappa shape index (κ1) is 13.5. The van der Waals surface area contributed by atoms with Crippen LogP contribution >= 0.6 is 0 Å². The van der Waals surface area contributed by atoms with Crippen LogP contribution in [0.4, 0.5) is 0 Å². The van der Waals surface area contributed by atoms with E-state index in [1.165, 1.54) is 0 Å². The van der Waals surface area contributed by atoms with E-state index in [2.05, 4.69) is 24.1 Å². The maximum atomic E-state index is 11.4. The van der Waals surface area contributed by atoms with Crippen LogP contribution in [0.5, 0.6) is 0 Å². The summed E-state index contributed by atoms with van der Waals surface area (Å²) in [5.41, 5.74) is 5.52. The van der Waals surface area contributed by atoms with Gasteiger partial charge >= 0.3 is 0 Å². The van der Waals surface area contributed by atoms with Crippen LogP contribution in [0, 0.1) is 5.92 Å². The number of nitrogens with one attached hydrogen (secondary N) is 1. The average molecular weight is 227 g/mol. The van der Waals surface area contributed by atoms with Gasteiger partial charge in [-0.05, 0) is 25.7 Å². The number of hydrogen-bond acceptors (Lipinski definition) is 3. The molecule has 1 heterocycles. The summed E-state index contributed by atoms with van der Waals surface area (Å²) < 4.78 is 0. The third kappa shape index (κ3) is 4.49. The molecule has 1 fully saturated rings. The molecule has 0 saturated carbocycles. The lowest BCUT2D eigenvalue weighted by atomic mass is 10.0. The predicted octanol–water partition coefficient (Wildman–Crippen LogP) is 0.570. The summed E-state index contributed by atoms with van der Waals surface area (Å²) in [6.45, 7) is 9.54. The van der Waals surface area contributed by atoms with E-state index in [4.69, 9.17) is 5.73 Å². The van der Waals surface area contributed by atoms with Crippen LogP contribution in [0.1, 0.15) is 33.6 Å². The van der Waals surface area contributed by atoms with Crippen LogP contribution < -0.4 is 11.1 Å². The normalized spacial score (nSPS) is 21.1. The molecule has 1 saturated heterocycles. The van der Waals surface area contributed by atoms with Gasteiger partial charge < -0.3 is 16.0 Å². The fourth-order valence-corrected chi connectivity index (χ4v) is 2.11. The molecule has 1 amide bonds. The third-order valence-corrected chi connectivity index (χ3v) is 2.97. The van der Waals surface area contributed by atoms with Gasteiger partial charge in [-0.25, -0.2) is 0 Å². The zero-order chi connectivity index (χ0) is 12.1. The lowest BCUT2D eigenvalue weighted by Crippen LogP contribution is -2.49. The molecule has 4 heteroatoms.